The number of hydrogen-bond donors (Lipinski definition) is 1. The minimum atomic E-state index is 0.356. The van der Waals surface area contributed by atoms with Gasteiger partial charge in [0.15, 0.2) is 0 Å². The molecule has 0 aliphatic carbocycles. The molecule has 26 heavy (non-hydrogen) atoms. The molecular weight excluding hydrogens is 326 g/mol. The molecule has 1 N–H and O–H groups in total. The van der Waals surface area contributed by atoms with Gasteiger partial charge in [-0.05, 0) is 50.7 Å². The minimum Gasteiger partial charge on any atom is -0.492 e. The van der Waals surface area contributed by atoms with Crippen molar-refractivity contribution in [1.29, 1.82) is 0 Å². The smallest absolute Gasteiger partial charge is 0.222 e. The lowest BCUT2D eigenvalue weighted by Gasteiger charge is -2.38. The second-order valence-electron chi connectivity index (χ2n) is 7.95. The fourth-order valence-corrected chi connectivity index (χ4v) is 4.91. The standard InChI is InChI=1S/C21H31N3O2/c1-2-26-20-6-4-3-5-19(20)23-9-11-24(12-10-23)21(25)15-16-13-17-7-8-18(14-16)22-17/h3-6,16-18,22H,2,7-15H2,1H3. The second kappa shape index (κ2) is 7.87. The van der Waals surface area contributed by atoms with Gasteiger partial charge < -0.3 is 19.9 Å². The SMILES string of the molecule is CCOc1ccccc1N1CCN(C(=O)CC2CC3CCC(C2)N3)CC1. The van der Waals surface area contributed by atoms with Crippen molar-refractivity contribution >= 4 is 11.6 Å². The number of para-hydroxylation sites is 2. The second-order valence-corrected chi connectivity index (χ2v) is 7.95. The Morgan fingerprint density at radius 3 is 2.50 bits per heavy atom. The van der Waals surface area contributed by atoms with E-state index in [0.29, 0.717) is 30.5 Å². The fourth-order valence-electron chi connectivity index (χ4n) is 4.91. The summed E-state index contributed by atoms with van der Waals surface area (Å²) in [5.41, 5.74) is 1.15. The monoisotopic (exact) mass is 357 g/mol. The third-order valence-electron chi connectivity index (χ3n) is 6.17. The van der Waals surface area contributed by atoms with E-state index in [4.69, 9.17) is 4.74 Å². The summed E-state index contributed by atoms with van der Waals surface area (Å²) >= 11 is 0. The Hall–Kier alpha value is -1.75. The number of piperazine rings is 1. The molecule has 3 fully saturated rings. The summed E-state index contributed by atoms with van der Waals surface area (Å²) in [7, 11) is 0. The van der Waals surface area contributed by atoms with Crippen molar-refractivity contribution in [2.24, 2.45) is 5.92 Å². The molecule has 1 aromatic rings. The first-order valence-electron chi connectivity index (χ1n) is 10.2. The van der Waals surface area contributed by atoms with Crippen molar-refractivity contribution in [2.45, 2.75) is 51.1 Å². The number of carbonyl (C=O) groups excluding carboxylic acids is 1. The van der Waals surface area contributed by atoms with Crippen LogP contribution in [0.5, 0.6) is 5.75 Å². The Morgan fingerprint density at radius 1 is 1.12 bits per heavy atom. The highest BCUT2D eigenvalue weighted by molar-refractivity contribution is 5.77. The van der Waals surface area contributed by atoms with Gasteiger partial charge in [-0.2, -0.15) is 0 Å². The van der Waals surface area contributed by atoms with Gasteiger partial charge in [-0.3, -0.25) is 4.79 Å². The zero-order valence-electron chi connectivity index (χ0n) is 15.8. The highest BCUT2D eigenvalue weighted by Crippen LogP contribution is 2.33. The van der Waals surface area contributed by atoms with E-state index in [2.05, 4.69) is 27.2 Å². The van der Waals surface area contributed by atoms with Crippen LogP contribution >= 0.6 is 0 Å². The van der Waals surface area contributed by atoms with Gasteiger partial charge in [0.1, 0.15) is 5.75 Å². The van der Waals surface area contributed by atoms with E-state index in [-0.39, 0.29) is 0 Å². The number of piperidine rings is 1. The molecule has 3 heterocycles. The lowest BCUT2D eigenvalue weighted by atomic mass is 9.89. The number of carbonyl (C=O) groups is 1. The van der Waals surface area contributed by atoms with Crippen molar-refractivity contribution in [1.82, 2.24) is 10.2 Å². The van der Waals surface area contributed by atoms with E-state index in [1.165, 1.54) is 25.7 Å². The highest BCUT2D eigenvalue weighted by Gasteiger charge is 2.35. The molecule has 0 saturated carbocycles. The molecule has 1 amide bonds. The first-order chi connectivity index (χ1) is 12.7. The first-order valence-corrected chi connectivity index (χ1v) is 10.2. The van der Waals surface area contributed by atoms with Crippen molar-refractivity contribution < 1.29 is 9.53 Å². The van der Waals surface area contributed by atoms with Crippen LogP contribution in [0, 0.1) is 5.92 Å². The topological polar surface area (TPSA) is 44.8 Å². The van der Waals surface area contributed by atoms with Crippen LogP contribution in [-0.4, -0.2) is 55.7 Å². The van der Waals surface area contributed by atoms with Crippen LogP contribution in [0.1, 0.15) is 39.0 Å². The largest absolute Gasteiger partial charge is 0.492 e. The van der Waals surface area contributed by atoms with E-state index >= 15 is 0 Å². The molecule has 2 bridgehead atoms. The van der Waals surface area contributed by atoms with Crippen LogP contribution in [0.25, 0.3) is 0 Å². The molecule has 5 nitrogen and oxygen atoms in total. The Labute approximate surface area is 156 Å². The summed E-state index contributed by atoms with van der Waals surface area (Å²) in [5, 5.41) is 3.67. The fraction of sp³-hybridized carbons (Fsp3) is 0.667. The van der Waals surface area contributed by atoms with E-state index in [0.717, 1.165) is 44.0 Å². The molecule has 5 heteroatoms. The lowest BCUT2D eigenvalue weighted by Crippen LogP contribution is -2.49. The van der Waals surface area contributed by atoms with Crippen LogP contribution in [-0.2, 0) is 4.79 Å². The van der Waals surface area contributed by atoms with Crippen molar-refractivity contribution in [3.8, 4) is 5.75 Å². The number of ether oxygens (including phenoxy) is 1. The number of hydrogen-bond acceptors (Lipinski definition) is 4. The Kier molecular flexibility index (Phi) is 5.34. The number of fused-ring (bicyclic) bond motifs is 2. The Balaban J connectivity index is 1.30. The molecule has 2 atom stereocenters. The zero-order chi connectivity index (χ0) is 17.9. The maximum atomic E-state index is 12.8. The van der Waals surface area contributed by atoms with Crippen LogP contribution in [0.15, 0.2) is 24.3 Å². The van der Waals surface area contributed by atoms with Gasteiger partial charge in [0.05, 0.1) is 12.3 Å². The molecule has 4 rings (SSSR count). The maximum absolute atomic E-state index is 12.8. The highest BCUT2D eigenvalue weighted by atomic mass is 16.5. The van der Waals surface area contributed by atoms with E-state index in [1.807, 2.05) is 19.1 Å². The van der Waals surface area contributed by atoms with Gasteiger partial charge in [0.25, 0.3) is 0 Å². The zero-order valence-corrected chi connectivity index (χ0v) is 15.8. The molecule has 0 spiro atoms. The van der Waals surface area contributed by atoms with Crippen LogP contribution in [0.4, 0.5) is 5.69 Å². The normalized spacial score (nSPS) is 28.3. The molecule has 142 valence electrons. The molecule has 0 radical (unpaired) electrons. The molecular formula is C21H31N3O2. The van der Waals surface area contributed by atoms with Crippen molar-refractivity contribution in [3.63, 3.8) is 0 Å². The predicted molar refractivity (Wildman–Crippen MR) is 104 cm³/mol. The number of anilines is 1. The first kappa shape index (κ1) is 17.7. The van der Waals surface area contributed by atoms with Gasteiger partial charge in [-0.15, -0.1) is 0 Å². The lowest BCUT2D eigenvalue weighted by molar-refractivity contribution is -0.132. The predicted octanol–water partition coefficient (Wildman–Crippen LogP) is 2.65. The summed E-state index contributed by atoms with van der Waals surface area (Å²) in [6, 6.07) is 9.55. The molecule has 1 aromatic carbocycles. The number of rotatable bonds is 5. The maximum Gasteiger partial charge on any atom is 0.222 e. The summed E-state index contributed by atoms with van der Waals surface area (Å²) in [6.45, 7) is 6.09. The van der Waals surface area contributed by atoms with Crippen LogP contribution < -0.4 is 15.0 Å². The average Bonchev–Trinajstić information content (AvgIpc) is 3.01. The molecule has 2 unspecified atom stereocenters. The number of nitrogens with zero attached hydrogens (tertiary/aromatic N) is 2. The number of amides is 1. The molecule has 3 aliphatic rings. The summed E-state index contributed by atoms with van der Waals surface area (Å²) in [4.78, 5) is 17.2. The van der Waals surface area contributed by atoms with Gasteiger partial charge in [-0.25, -0.2) is 0 Å². The van der Waals surface area contributed by atoms with E-state index in [9.17, 15) is 4.79 Å². The molecule has 0 aromatic heterocycles. The van der Waals surface area contributed by atoms with E-state index < -0.39 is 0 Å². The van der Waals surface area contributed by atoms with Gasteiger partial charge in [-0.1, -0.05) is 12.1 Å². The quantitative estimate of drug-likeness (QED) is 0.880. The van der Waals surface area contributed by atoms with Crippen molar-refractivity contribution in [3.05, 3.63) is 24.3 Å². The van der Waals surface area contributed by atoms with Crippen molar-refractivity contribution in [2.75, 3.05) is 37.7 Å². The summed E-state index contributed by atoms with van der Waals surface area (Å²) in [6.07, 6.45) is 5.71. The molecule has 3 aliphatic heterocycles. The summed E-state index contributed by atoms with van der Waals surface area (Å²) in [5.74, 6) is 1.88. The van der Waals surface area contributed by atoms with Crippen LogP contribution in [0.2, 0.25) is 0 Å². The summed E-state index contributed by atoms with van der Waals surface area (Å²) < 4.78 is 5.76. The Bertz CT molecular complexity index is 615. The average molecular weight is 357 g/mol. The third-order valence-corrected chi connectivity index (χ3v) is 6.17. The third kappa shape index (κ3) is 3.83. The molecule has 3 saturated heterocycles. The minimum absolute atomic E-state index is 0.356. The van der Waals surface area contributed by atoms with E-state index in [1.54, 1.807) is 0 Å². The van der Waals surface area contributed by atoms with Gasteiger partial charge in [0.2, 0.25) is 5.91 Å². The van der Waals surface area contributed by atoms with Crippen LogP contribution in [0.3, 0.4) is 0 Å². The number of nitrogens with one attached hydrogen (secondary N) is 1. The number of benzene rings is 1. The Morgan fingerprint density at radius 2 is 1.81 bits per heavy atom. The van der Waals surface area contributed by atoms with Gasteiger partial charge in [0, 0.05) is 44.7 Å². The van der Waals surface area contributed by atoms with Gasteiger partial charge >= 0.3 is 0 Å².